The molecular formula is C17H19N3O. The Morgan fingerprint density at radius 3 is 2.90 bits per heavy atom. The maximum absolute atomic E-state index is 5.78. The highest BCUT2D eigenvalue weighted by Crippen LogP contribution is 2.37. The first kappa shape index (κ1) is 12.6. The van der Waals surface area contributed by atoms with E-state index in [2.05, 4.69) is 17.4 Å². The average Bonchev–Trinajstić information content (AvgIpc) is 2.98. The molecule has 1 unspecified atom stereocenters. The molecule has 0 bridgehead atoms. The van der Waals surface area contributed by atoms with E-state index in [0.717, 1.165) is 30.2 Å². The Labute approximate surface area is 124 Å². The quantitative estimate of drug-likeness (QED) is 0.919. The number of rotatable bonds is 2. The van der Waals surface area contributed by atoms with E-state index in [9.17, 15) is 0 Å². The highest BCUT2D eigenvalue weighted by molar-refractivity contribution is 5.50. The molecule has 4 rings (SSSR count). The third-order valence-electron chi connectivity index (χ3n) is 4.45. The Hall–Kier alpha value is -2.10. The zero-order valence-corrected chi connectivity index (χ0v) is 12.2. The maximum atomic E-state index is 5.78. The van der Waals surface area contributed by atoms with E-state index < -0.39 is 0 Å². The molecule has 0 spiro atoms. The summed E-state index contributed by atoms with van der Waals surface area (Å²) in [5.41, 5.74) is 3.73. The van der Waals surface area contributed by atoms with Gasteiger partial charge in [-0.3, -0.25) is 0 Å². The fourth-order valence-corrected chi connectivity index (χ4v) is 3.35. The average molecular weight is 281 g/mol. The Kier molecular flexibility index (Phi) is 3.02. The number of para-hydroxylation sites is 1. The van der Waals surface area contributed by atoms with Crippen LogP contribution < -0.4 is 10.1 Å². The van der Waals surface area contributed by atoms with Crippen molar-refractivity contribution in [2.45, 2.75) is 31.6 Å². The summed E-state index contributed by atoms with van der Waals surface area (Å²) in [6.45, 7) is 0.640. The number of benzene rings is 1. The fraction of sp³-hybridized carbons (Fsp3) is 0.412. The number of fused-ring (bicyclic) bond motifs is 2. The third kappa shape index (κ3) is 2.06. The first-order valence-corrected chi connectivity index (χ1v) is 7.66. The topological polar surface area (TPSA) is 47.0 Å². The van der Waals surface area contributed by atoms with Gasteiger partial charge in [0.15, 0.2) is 0 Å². The van der Waals surface area contributed by atoms with Gasteiger partial charge >= 0.3 is 0 Å². The zero-order valence-electron chi connectivity index (χ0n) is 12.2. The van der Waals surface area contributed by atoms with Crippen LogP contribution in [-0.2, 0) is 12.8 Å². The van der Waals surface area contributed by atoms with Crippen molar-refractivity contribution in [3.63, 3.8) is 0 Å². The van der Waals surface area contributed by atoms with Gasteiger partial charge in [-0.05, 0) is 31.7 Å². The van der Waals surface area contributed by atoms with Crippen molar-refractivity contribution >= 4 is 5.82 Å². The van der Waals surface area contributed by atoms with Crippen LogP contribution >= 0.6 is 0 Å². The molecule has 2 aliphatic rings. The Morgan fingerprint density at radius 1 is 1.14 bits per heavy atom. The number of nitrogens with zero attached hydrogens (tertiary/aromatic N) is 2. The normalized spacial score (nSPS) is 19.6. The van der Waals surface area contributed by atoms with Gasteiger partial charge in [0.25, 0.3) is 0 Å². The second-order valence-electron chi connectivity index (χ2n) is 5.71. The number of hydrogen-bond acceptors (Lipinski definition) is 4. The summed E-state index contributed by atoms with van der Waals surface area (Å²) in [5.74, 6) is 3.01. The lowest BCUT2D eigenvalue weighted by Gasteiger charge is -2.20. The predicted octanol–water partition coefficient (Wildman–Crippen LogP) is 2.92. The van der Waals surface area contributed by atoms with Crippen molar-refractivity contribution in [2.75, 3.05) is 19.0 Å². The summed E-state index contributed by atoms with van der Waals surface area (Å²) in [4.78, 5) is 9.65. The SMILES string of the molecule is CNc1nc(C2COc3ccccc32)nc2c1CCCC2. The van der Waals surface area contributed by atoms with E-state index >= 15 is 0 Å². The van der Waals surface area contributed by atoms with E-state index in [1.807, 2.05) is 19.2 Å². The minimum absolute atomic E-state index is 0.153. The monoisotopic (exact) mass is 281 g/mol. The van der Waals surface area contributed by atoms with Crippen LogP contribution in [0, 0.1) is 0 Å². The maximum Gasteiger partial charge on any atom is 0.142 e. The van der Waals surface area contributed by atoms with E-state index in [4.69, 9.17) is 14.7 Å². The van der Waals surface area contributed by atoms with Crippen LogP contribution in [-0.4, -0.2) is 23.6 Å². The highest BCUT2D eigenvalue weighted by Gasteiger charge is 2.29. The van der Waals surface area contributed by atoms with Gasteiger partial charge in [-0.1, -0.05) is 18.2 Å². The lowest BCUT2D eigenvalue weighted by Crippen LogP contribution is -2.16. The van der Waals surface area contributed by atoms with Crippen LogP contribution in [0.15, 0.2) is 24.3 Å². The van der Waals surface area contributed by atoms with Crippen LogP contribution in [0.5, 0.6) is 5.75 Å². The molecule has 1 N–H and O–H groups in total. The summed E-state index contributed by atoms with van der Waals surface area (Å²) in [6.07, 6.45) is 4.61. The molecule has 4 nitrogen and oxygen atoms in total. The lowest BCUT2D eigenvalue weighted by atomic mass is 9.95. The minimum Gasteiger partial charge on any atom is -0.492 e. The molecule has 1 atom stereocenters. The smallest absolute Gasteiger partial charge is 0.142 e. The molecule has 1 aliphatic heterocycles. The molecule has 21 heavy (non-hydrogen) atoms. The van der Waals surface area contributed by atoms with E-state index in [0.29, 0.717) is 6.61 Å². The van der Waals surface area contributed by atoms with Gasteiger partial charge < -0.3 is 10.1 Å². The summed E-state index contributed by atoms with van der Waals surface area (Å²) in [6, 6.07) is 8.20. The first-order valence-electron chi connectivity index (χ1n) is 7.66. The van der Waals surface area contributed by atoms with Gasteiger partial charge in [-0.25, -0.2) is 9.97 Å². The van der Waals surface area contributed by atoms with Gasteiger partial charge in [0.1, 0.15) is 24.0 Å². The summed E-state index contributed by atoms with van der Waals surface area (Å²) in [7, 11) is 1.94. The number of anilines is 1. The van der Waals surface area contributed by atoms with Crippen LogP contribution in [0.4, 0.5) is 5.82 Å². The number of ether oxygens (including phenoxy) is 1. The van der Waals surface area contributed by atoms with Gasteiger partial charge in [0.05, 0.1) is 5.92 Å². The standard InChI is InChI=1S/C17H19N3O/c1-18-16-12-7-2-4-8-14(12)19-17(20-16)13-10-21-15-9-5-3-6-11(13)15/h3,5-6,9,13H,2,4,7-8,10H2,1H3,(H,18,19,20). The number of aryl methyl sites for hydroxylation is 1. The molecule has 108 valence electrons. The van der Waals surface area contributed by atoms with Crippen molar-refractivity contribution in [3.05, 3.63) is 46.9 Å². The van der Waals surface area contributed by atoms with Crippen LogP contribution in [0.2, 0.25) is 0 Å². The van der Waals surface area contributed by atoms with Crippen LogP contribution in [0.1, 0.15) is 41.4 Å². The number of nitrogens with one attached hydrogen (secondary N) is 1. The predicted molar refractivity (Wildman–Crippen MR) is 82.0 cm³/mol. The van der Waals surface area contributed by atoms with Crippen molar-refractivity contribution in [1.29, 1.82) is 0 Å². The van der Waals surface area contributed by atoms with Crippen molar-refractivity contribution in [1.82, 2.24) is 9.97 Å². The number of aromatic nitrogens is 2. The minimum atomic E-state index is 0.153. The molecule has 1 aromatic heterocycles. The van der Waals surface area contributed by atoms with Gasteiger partial charge in [0, 0.05) is 23.9 Å². The van der Waals surface area contributed by atoms with Crippen molar-refractivity contribution < 1.29 is 4.74 Å². The molecule has 0 saturated heterocycles. The van der Waals surface area contributed by atoms with E-state index in [-0.39, 0.29) is 5.92 Å². The highest BCUT2D eigenvalue weighted by atomic mass is 16.5. The second kappa shape index (κ2) is 5.02. The Balaban J connectivity index is 1.80. The lowest BCUT2D eigenvalue weighted by molar-refractivity contribution is 0.339. The van der Waals surface area contributed by atoms with Gasteiger partial charge in [0.2, 0.25) is 0 Å². The molecule has 0 saturated carbocycles. The summed E-state index contributed by atoms with van der Waals surface area (Å²) in [5, 5.41) is 3.25. The Morgan fingerprint density at radius 2 is 2.00 bits per heavy atom. The van der Waals surface area contributed by atoms with Crippen LogP contribution in [0.25, 0.3) is 0 Å². The first-order chi connectivity index (χ1) is 10.4. The largest absolute Gasteiger partial charge is 0.492 e. The van der Waals surface area contributed by atoms with Crippen molar-refractivity contribution in [2.24, 2.45) is 0 Å². The molecule has 1 aromatic carbocycles. The summed E-state index contributed by atoms with van der Waals surface area (Å²) >= 11 is 0. The molecule has 2 aromatic rings. The van der Waals surface area contributed by atoms with Gasteiger partial charge in [-0.2, -0.15) is 0 Å². The van der Waals surface area contributed by atoms with E-state index in [1.165, 1.54) is 29.7 Å². The third-order valence-corrected chi connectivity index (χ3v) is 4.45. The fourth-order valence-electron chi connectivity index (χ4n) is 3.35. The molecule has 0 radical (unpaired) electrons. The van der Waals surface area contributed by atoms with Gasteiger partial charge in [-0.15, -0.1) is 0 Å². The Bertz CT molecular complexity index is 666. The van der Waals surface area contributed by atoms with Crippen molar-refractivity contribution in [3.8, 4) is 5.75 Å². The zero-order chi connectivity index (χ0) is 14.2. The molecule has 1 aliphatic carbocycles. The summed E-state index contributed by atoms with van der Waals surface area (Å²) < 4.78 is 5.78. The molecule has 4 heteroatoms. The molecular weight excluding hydrogens is 262 g/mol. The number of hydrogen-bond donors (Lipinski definition) is 1. The molecule has 0 fully saturated rings. The van der Waals surface area contributed by atoms with Crippen LogP contribution in [0.3, 0.4) is 0 Å². The van der Waals surface area contributed by atoms with E-state index in [1.54, 1.807) is 0 Å². The second-order valence-corrected chi connectivity index (χ2v) is 5.71. The molecule has 0 amide bonds. The molecule has 2 heterocycles.